The Kier molecular flexibility index (Phi) is 2.77. The lowest BCUT2D eigenvalue weighted by molar-refractivity contribution is 0.0647. The second-order valence-electron chi connectivity index (χ2n) is 4.50. The van der Waals surface area contributed by atoms with Gasteiger partial charge in [0.05, 0.1) is 11.2 Å². The van der Waals surface area contributed by atoms with Crippen molar-refractivity contribution in [1.29, 1.82) is 0 Å². The molecule has 1 aromatic rings. The lowest BCUT2D eigenvalue weighted by Gasteiger charge is -2.21. The van der Waals surface area contributed by atoms with Crippen molar-refractivity contribution in [2.45, 2.75) is 33.2 Å². The van der Waals surface area contributed by atoms with Crippen molar-refractivity contribution in [3.05, 3.63) is 17.0 Å². The highest BCUT2D eigenvalue weighted by Crippen LogP contribution is 2.21. The minimum absolute atomic E-state index is 0.248. The quantitative estimate of drug-likeness (QED) is 0.793. The first-order valence-corrected chi connectivity index (χ1v) is 4.73. The van der Waals surface area contributed by atoms with Crippen LogP contribution in [0.4, 0.5) is 0 Å². The molecule has 0 spiro atoms. The van der Waals surface area contributed by atoms with E-state index in [1.54, 1.807) is 6.92 Å². The summed E-state index contributed by atoms with van der Waals surface area (Å²) < 4.78 is 1.42. The van der Waals surface area contributed by atoms with E-state index in [0.717, 1.165) is 0 Å². The van der Waals surface area contributed by atoms with E-state index in [1.165, 1.54) is 4.68 Å². The summed E-state index contributed by atoms with van der Waals surface area (Å²) in [4.78, 5) is 21.9. The van der Waals surface area contributed by atoms with Crippen LogP contribution in [0.15, 0.2) is 0 Å². The van der Waals surface area contributed by atoms with Gasteiger partial charge in [0.2, 0.25) is 0 Å². The van der Waals surface area contributed by atoms with Crippen molar-refractivity contribution in [3.63, 3.8) is 0 Å². The van der Waals surface area contributed by atoms with Crippen LogP contribution in [0.3, 0.4) is 0 Å². The SMILES string of the molecule is Cc1c(C(=O)O)c(C(=O)O)nn1C(C)(C)C. The lowest BCUT2D eigenvalue weighted by atomic mass is 10.1. The molecule has 1 aromatic heterocycles. The molecule has 0 unspecified atom stereocenters. The third-order valence-corrected chi connectivity index (χ3v) is 2.17. The molecular formula is C10H14N2O4. The molecular weight excluding hydrogens is 212 g/mol. The molecule has 0 bridgehead atoms. The molecule has 0 atom stereocenters. The second kappa shape index (κ2) is 3.62. The topological polar surface area (TPSA) is 92.4 Å². The molecule has 1 rings (SSSR count). The van der Waals surface area contributed by atoms with Crippen LogP contribution in [0, 0.1) is 6.92 Å². The Morgan fingerprint density at radius 2 is 1.69 bits per heavy atom. The predicted octanol–water partition coefficient (Wildman–Crippen LogP) is 1.34. The fourth-order valence-corrected chi connectivity index (χ4v) is 1.56. The molecule has 2 N–H and O–H groups in total. The number of aromatic carboxylic acids is 2. The van der Waals surface area contributed by atoms with Crippen molar-refractivity contribution in [2.75, 3.05) is 0 Å². The molecule has 0 saturated carbocycles. The monoisotopic (exact) mass is 226 g/mol. The molecule has 0 aliphatic rings. The van der Waals surface area contributed by atoms with E-state index in [4.69, 9.17) is 10.2 Å². The zero-order valence-corrected chi connectivity index (χ0v) is 9.61. The summed E-state index contributed by atoms with van der Waals surface area (Å²) in [6.45, 7) is 7.02. The van der Waals surface area contributed by atoms with Crippen LogP contribution in [0.2, 0.25) is 0 Å². The van der Waals surface area contributed by atoms with E-state index in [9.17, 15) is 9.59 Å². The zero-order valence-electron chi connectivity index (χ0n) is 9.61. The molecule has 0 fully saturated rings. The Labute approximate surface area is 92.5 Å². The zero-order chi connectivity index (χ0) is 12.7. The highest BCUT2D eigenvalue weighted by Gasteiger charge is 2.29. The molecule has 6 nitrogen and oxygen atoms in total. The smallest absolute Gasteiger partial charge is 0.357 e. The van der Waals surface area contributed by atoms with Gasteiger partial charge in [-0.2, -0.15) is 5.10 Å². The standard InChI is InChI=1S/C10H14N2O4/c1-5-6(8(13)14)7(9(15)16)11-12(5)10(2,3)4/h1-4H3,(H,13,14)(H,15,16). The fourth-order valence-electron chi connectivity index (χ4n) is 1.56. The van der Waals surface area contributed by atoms with Gasteiger partial charge in [0, 0.05) is 0 Å². The molecule has 1 heterocycles. The van der Waals surface area contributed by atoms with E-state index in [1.807, 2.05) is 20.8 Å². The van der Waals surface area contributed by atoms with Gasteiger partial charge in [0.1, 0.15) is 5.56 Å². The average molecular weight is 226 g/mol. The van der Waals surface area contributed by atoms with Gasteiger partial charge < -0.3 is 10.2 Å². The first-order valence-electron chi connectivity index (χ1n) is 4.73. The van der Waals surface area contributed by atoms with Crippen LogP contribution in [-0.2, 0) is 5.54 Å². The van der Waals surface area contributed by atoms with E-state index < -0.39 is 23.2 Å². The van der Waals surface area contributed by atoms with Gasteiger partial charge >= 0.3 is 11.9 Å². The molecule has 0 radical (unpaired) electrons. The Morgan fingerprint density at radius 1 is 1.19 bits per heavy atom. The molecule has 6 heteroatoms. The summed E-state index contributed by atoms with van der Waals surface area (Å²) in [5.74, 6) is -2.60. The van der Waals surface area contributed by atoms with E-state index in [2.05, 4.69) is 5.10 Å². The minimum Gasteiger partial charge on any atom is -0.478 e. The molecule has 0 saturated heterocycles. The van der Waals surface area contributed by atoms with E-state index in [0.29, 0.717) is 5.69 Å². The van der Waals surface area contributed by atoms with Gasteiger partial charge in [-0.25, -0.2) is 9.59 Å². The Morgan fingerprint density at radius 3 is 1.94 bits per heavy atom. The van der Waals surface area contributed by atoms with Crippen LogP contribution in [0.5, 0.6) is 0 Å². The average Bonchev–Trinajstić information content (AvgIpc) is 2.41. The fraction of sp³-hybridized carbons (Fsp3) is 0.500. The number of rotatable bonds is 2. The summed E-state index contributed by atoms with van der Waals surface area (Å²) in [5.41, 5.74) is -0.776. The van der Waals surface area contributed by atoms with E-state index in [-0.39, 0.29) is 5.56 Å². The van der Waals surface area contributed by atoms with Crippen molar-refractivity contribution >= 4 is 11.9 Å². The molecule has 0 aliphatic heterocycles. The summed E-state index contributed by atoms with van der Waals surface area (Å²) in [6, 6.07) is 0. The maximum Gasteiger partial charge on any atom is 0.357 e. The predicted molar refractivity (Wildman–Crippen MR) is 55.9 cm³/mol. The highest BCUT2D eigenvalue weighted by atomic mass is 16.4. The number of hydrogen-bond donors (Lipinski definition) is 2. The van der Waals surface area contributed by atoms with Gasteiger partial charge in [-0.1, -0.05) is 0 Å². The summed E-state index contributed by atoms with van der Waals surface area (Å²) in [6.07, 6.45) is 0. The van der Waals surface area contributed by atoms with Crippen molar-refractivity contribution in [2.24, 2.45) is 0 Å². The Balaban J connectivity index is 3.54. The second-order valence-corrected chi connectivity index (χ2v) is 4.50. The van der Waals surface area contributed by atoms with Gasteiger partial charge in [-0.05, 0) is 27.7 Å². The molecule has 88 valence electrons. The first kappa shape index (κ1) is 12.2. The number of carboxylic acid groups (broad SMARTS) is 2. The summed E-state index contributed by atoms with van der Waals surface area (Å²) in [5, 5.41) is 21.7. The highest BCUT2D eigenvalue weighted by molar-refractivity contribution is 6.01. The van der Waals surface area contributed by atoms with Gasteiger partial charge in [0.15, 0.2) is 5.69 Å². The third kappa shape index (κ3) is 1.91. The largest absolute Gasteiger partial charge is 0.478 e. The Bertz CT molecular complexity index is 454. The number of carbonyl (C=O) groups is 2. The number of aromatic nitrogens is 2. The van der Waals surface area contributed by atoms with E-state index >= 15 is 0 Å². The maximum atomic E-state index is 11.0. The van der Waals surface area contributed by atoms with Crippen LogP contribution < -0.4 is 0 Å². The number of carboxylic acids is 2. The first-order chi connectivity index (χ1) is 7.16. The van der Waals surface area contributed by atoms with Gasteiger partial charge in [0.25, 0.3) is 0 Å². The van der Waals surface area contributed by atoms with Crippen LogP contribution in [0.1, 0.15) is 47.3 Å². The molecule has 0 amide bonds. The summed E-state index contributed by atoms with van der Waals surface area (Å²) >= 11 is 0. The number of hydrogen-bond acceptors (Lipinski definition) is 3. The molecule has 0 aromatic carbocycles. The maximum absolute atomic E-state index is 11.0. The van der Waals surface area contributed by atoms with Crippen LogP contribution >= 0.6 is 0 Å². The lowest BCUT2D eigenvalue weighted by Crippen LogP contribution is -2.24. The third-order valence-electron chi connectivity index (χ3n) is 2.17. The van der Waals surface area contributed by atoms with Crippen molar-refractivity contribution in [3.8, 4) is 0 Å². The van der Waals surface area contributed by atoms with Gasteiger partial charge in [-0.3, -0.25) is 4.68 Å². The molecule has 16 heavy (non-hydrogen) atoms. The Hall–Kier alpha value is -1.85. The van der Waals surface area contributed by atoms with Gasteiger partial charge in [-0.15, -0.1) is 0 Å². The summed E-state index contributed by atoms with van der Waals surface area (Å²) in [7, 11) is 0. The van der Waals surface area contributed by atoms with Crippen molar-refractivity contribution in [1.82, 2.24) is 9.78 Å². The van der Waals surface area contributed by atoms with Crippen LogP contribution in [0.25, 0.3) is 0 Å². The van der Waals surface area contributed by atoms with Crippen molar-refractivity contribution < 1.29 is 19.8 Å². The minimum atomic E-state index is -1.33. The number of nitrogens with zero attached hydrogens (tertiary/aromatic N) is 2. The molecule has 0 aliphatic carbocycles. The normalized spacial score (nSPS) is 11.5. The van der Waals surface area contributed by atoms with Crippen LogP contribution in [-0.4, -0.2) is 31.9 Å².